The number of morpholine rings is 1. The van der Waals surface area contributed by atoms with Crippen LogP contribution in [0.25, 0.3) is 0 Å². The number of ether oxygens (including phenoxy) is 1. The van der Waals surface area contributed by atoms with Gasteiger partial charge in [0.25, 0.3) is 0 Å². The van der Waals surface area contributed by atoms with E-state index < -0.39 is 10.8 Å². The summed E-state index contributed by atoms with van der Waals surface area (Å²) in [6.45, 7) is 4.59. The average Bonchev–Trinajstić information content (AvgIpc) is 3.25. The molecule has 0 atom stereocenters. The standard InChI is InChI=1S/C16H21N7O5/c24-16(12-3-1-8-28-12)21-20-15-13(23(25)26)14(18-11-19-15)17-4-2-5-22-6-9-27-10-7-22/h1,3,8,11H,2,4-7,9-10H2,(H,21,24)(H2,17,18,19,20). The molecule has 0 unspecified atom stereocenters. The van der Waals surface area contributed by atoms with E-state index in [0.717, 1.165) is 39.3 Å². The number of carbonyl (C=O) groups is 1. The number of furan rings is 1. The summed E-state index contributed by atoms with van der Waals surface area (Å²) in [5.41, 5.74) is 4.41. The van der Waals surface area contributed by atoms with Crippen molar-refractivity contribution in [1.82, 2.24) is 20.3 Å². The first-order valence-corrected chi connectivity index (χ1v) is 8.78. The third-order valence-electron chi connectivity index (χ3n) is 4.09. The van der Waals surface area contributed by atoms with E-state index in [2.05, 4.69) is 31.0 Å². The molecule has 2 aromatic heterocycles. The Balaban J connectivity index is 1.57. The van der Waals surface area contributed by atoms with E-state index in [1.54, 1.807) is 6.07 Å². The lowest BCUT2D eigenvalue weighted by Crippen LogP contribution is -2.37. The van der Waals surface area contributed by atoms with E-state index in [1.807, 2.05) is 0 Å². The molecule has 28 heavy (non-hydrogen) atoms. The molecule has 3 N–H and O–H groups in total. The number of nitro groups is 1. The van der Waals surface area contributed by atoms with Crippen molar-refractivity contribution in [3.8, 4) is 0 Å². The molecule has 3 heterocycles. The zero-order valence-corrected chi connectivity index (χ0v) is 15.1. The number of rotatable bonds is 9. The topological polar surface area (TPSA) is 148 Å². The summed E-state index contributed by atoms with van der Waals surface area (Å²) in [6, 6.07) is 3.02. The molecule has 150 valence electrons. The van der Waals surface area contributed by atoms with E-state index in [-0.39, 0.29) is 23.1 Å². The molecule has 1 amide bonds. The van der Waals surface area contributed by atoms with E-state index in [9.17, 15) is 14.9 Å². The van der Waals surface area contributed by atoms with Gasteiger partial charge in [0.05, 0.1) is 24.4 Å². The van der Waals surface area contributed by atoms with E-state index in [0.29, 0.717) is 6.54 Å². The second-order valence-corrected chi connectivity index (χ2v) is 5.97. The van der Waals surface area contributed by atoms with Gasteiger partial charge in [0.15, 0.2) is 5.76 Å². The van der Waals surface area contributed by atoms with Gasteiger partial charge >= 0.3 is 11.6 Å². The molecule has 0 radical (unpaired) electrons. The summed E-state index contributed by atoms with van der Waals surface area (Å²) in [5, 5.41) is 14.5. The third-order valence-corrected chi connectivity index (χ3v) is 4.09. The number of nitrogens with zero attached hydrogens (tertiary/aromatic N) is 4. The predicted molar refractivity (Wildman–Crippen MR) is 98.8 cm³/mol. The van der Waals surface area contributed by atoms with Gasteiger partial charge in [-0.3, -0.25) is 30.7 Å². The first-order chi connectivity index (χ1) is 13.6. The molecule has 3 rings (SSSR count). The number of nitrogens with one attached hydrogen (secondary N) is 3. The molecule has 0 aliphatic carbocycles. The number of anilines is 2. The second kappa shape index (κ2) is 9.62. The fourth-order valence-corrected chi connectivity index (χ4v) is 2.69. The monoisotopic (exact) mass is 391 g/mol. The fraction of sp³-hybridized carbons (Fsp3) is 0.438. The first kappa shape index (κ1) is 19.5. The minimum atomic E-state index is -0.605. The van der Waals surface area contributed by atoms with Crippen molar-refractivity contribution in [2.24, 2.45) is 0 Å². The van der Waals surface area contributed by atoms with Gasteiger partial charge in [-0.05, 0) is 25.1 Å². The van der Waals surface area contributed by atoms with Crippen molar-refractivity contribution in [2.75, 3.05) is 50.1 Å². The highest BCUT2D eigenvalue weighted by molar-refractivity contribution is 5.92. The fourth-order valence-electron chi connectivity index (χ4n) is 2.69. The van der Waals surface area contributed by atoms with Crippen LogP contribution in [0.1, 0.15) is 17.0 Å². The Morgan fingerprint density at radius 3 is 2.79 bits per heavy atom. The zero-order chi connectivity index (χ0) is 19.8. The van der Waals surface area contributed by atoms with Crippen LogP contribution in [0.4, 0.5) is 17.3 Å². The summed E-state index contributed by atoms with van der Waals surface area (Å²) in [6.07, 6.45) is 3.32. The Morgan fingerprint density at radius 1 is 1.29 bits per heavy atom. The zero-order valence-electron chi connectivity index (χ0n) is 15.1. The lowest BCUT2D eigenvalue weighted by atomic mass is 10.3. The second-order valence-electron chi connectivity index (χ2n) is 5.97. The number of hydrogen-bond acceptors (Lipinski definition) is 10. The van der Waals surface area contributed by atoms with Crippen molar-refractivity contribution in [3.05, 3.63) is 40.6 Å². The first-order valence-electron chi connectivity index (χ1n) is 8.78. The number of amides is 1. The van der Waals surface area contributed by atoms with Gasteiger partial charge in [0.1, 0.15) is 6.33 Å². The largest absolute Gasteiger partial charge is 0.459 e. The van der Waals surface area contributed by atoms with E-state index >= 15 is 0 Å². The van der Waals surface area contributed by atoms with Crippen LogP contribution >= 0.6 is 0 Å². The number of hydrogen-bond donors (Lipinski definition) is 3. The van der Waals surface area contributed by atoms with E-state index in [1.165, 1.54) is 18.7 Å². The number of hydrazine groups is 1. The summed E-state index contributed by atoms with van der Waals surface area (Å²) in [4.78, 5) is 32.9. The summed E-state index contributed by atoms with van der Waals surface area (Å²) in [5.74, 6) is -0.573. The molecule has 0 saturated carbocycles. The van der Waals surface area contributed by atoms with Gasteiger partial charge in [-0.15, -0.1) is 0 Å². The van der Waals surface area contributed by atoms with Gasteiger partial charge in [0, 0.05) is 19.6 Å². The maximum absolute atomic E-state index is 11.9. The Bertz CT molecular complexity index is 793. The molecule has 0 bridgehead atoms. The smallest absolute Gasteiger partial charge is 0.354 e. The lowest BCUT2D eigenvalue weighted by molar-refractivity contribution is -0.383. The molecule has 12 heteroatoms. The number of aromatic nitrogens is 2. The van der Waals surface area contributed by atoms with Crippen molar-refractivity contribution in [3.63, 3.8) is 0 Å². The Morgan fingerprint density at radius 2 is 2.07 bits per heavy atom. The normalized spacial score (nSPS) is 14.4. The highest BCUT2D eigenvalue weighted by Crippen LogP contribution is 2.28. The molecule has 1 saturated heterocycles. The van der Waals surface area contributed by atoms with Crippen LogP contribution in [0, 0.1) is 10.1 Å². The SMILES string of the molecule is O=C(NNc1ncnc(NCCCN2CCOCC2)c1[N+](=O)[O-])c1ccco1. The Kier molecular flexibility index (Phi) is 6.70. The molecule has 1 aliphatic rings. The Hall–Kier alpha value is -3.25. The van der Waals surface area contributed by atoms with Crippen molar-refractivity contribution >= 4 is 23.2 Å². The minimum Gasteiger partial charge on any atom is -0.459 e. The molecular formula is C16H21N7O5. The van der Waals surface area contributed by atoms with Gasteiger partial charge in [-0.25, -0.2) is 9.97 Å². The van der Waals surface area contributed by atoms with E-state index in [4.69, 9.17) is 9.15 Å². The van der Waals surface area contributed by atoms with Gasteiger partial charge in [-0.2, -0.15) is 0 Å². The predicted octanol–water partition coefficient (Wildman–Crippen LogP) is 0.869. The summed E-state index contributed by atoms with van der Waals surface area (Å²) >= 11 is 0. The van der Waals surface area contributed by atoms with Crippen LogP contribution in [0.15, 0.2) is 29.1 Å². The third kappa shape index (κ3) is 5.14. The van der Waals surface area contributed by atoms with Crippen LogP contribution in [0.5, 0.6) is 0 Å². The average molecular weight is 391 g/mol. The molecule has 0 spiro atoms. The van der Waals surface area contributed by atoms with Crippen LogP contribution in [0.2, 0.25) is 0 Å². The van der Waals surface area contributed by atoms with Crippen LogP contribution < -0.4 is 16.2 Å². The maximum atomic E-state index is 11.9. The van der Waals surface area contributed by atoms with Crippen molar-refractivity contribution in [2.45, 2.75) is 6.42 Å². The van der Waals surface area contributed by atoms with Crippen LogP contribution in [0.3, 0.4) is 0 Å². The minimum absolute atomic E-state index is 0.0608. The molecule has 2 aromatic rings. The van der Waals surface area contributed by atoms with Crippen molar-refractivity contribution < 1.29 is 18.9 Å². The van der Waals surface area contributed by atoms with Gasteiger partial charge in [-0.1, -0.05) is 0 Å². The molecule has 12 nitrogen and oxygen atoms in total. The molecule has 1 fully saturated rings. The van der Waals surface area contributed by atoms with Crippen LogP contribution in [-0.2, 0) is 4.74 Å². The highest BCUT2D eigenvalue weighted by atomic mass is 16.6. The van der Waals surface area contributed by atoms with Crippen LogP contribution in [-0.4, -0.2) is 65.1 Å². The Labute approximate surface area is 160 Å². The van der Waals surface area contributed by atoms with Crippen molar-refractivity contribution in [1.29, 1.82) is 0 Å². The molecule has 1 aliphatic heterocycles. The molecular weight excluding hydrogens is 370 g/mol. The van der Waals surface area contributed by atoms with Gasteiger partial charge < -0.3 is 14.5 Å². The highest BCUT2D eigenvalue weighted by Gasteiger charge is 2.23. The number of carbonyl (C=O) groups excluding carboxylic acids is 1. The molecule has 0 aromatic carbocycles. The summed E-state index contributed by atoms with van der Waals surface area (Å²) < 4.78 is 10.3. The lowest BCUT2D eigenvalue weighted by Gasteiger charge is -2.26. The maximum Gasteiger partial charge on any atom is 0.354 e. The quantitative estimate of drug-likeness (QED) is 0.319. The van der Waals surface area contributed by atoms with Gasteiger partial charge in [0.2, 0.25) is 11.6 Å². The summed E-state index contributed by atoms with van der Waals surface area (Å²) in [7, 11) is 0.